The molecule has 0 aliphatic carbocycles. The molecule has 1 heterocycles. The fraction of sp³-hybridized carbons (Fsp3) is 0.545. The van der Waals surface area contributed by atoms with Gasteiger partial charge in [0.25, 0.3) is 0 Å². The van der Waals surface area contributed by atoms with Gasteiger partial charge in [0.2, 0.25) is 5.95 Å². The Bertz CT molecular complexity index is 398. The Morgan fingerprint density at radius 3 is 2.83 bits per heavy atom. The van der Waals surface area contributed by atoms with Gasteiger partial charge in [-0.25, -0.2) is 14.8 Å². The minimum absolute atomic E-state index is 0.0229. The number of aromatic carboxylic acids is 1. The van der Waals surface area contributed by atoms with E-state index in [0.29, 0.717) is 38.0 Å². The van der Waals surface area contributed by atoms with Crippen LogP contribution < -0.4 is 5.32 Å². The van der Waals surface area contributed by atoms with Gasteiger partial charge in [-0.05, 0) is 13.0 Å². The molecule has 1 aromatic heterocycles. The first-order valence-corrected chi connectivity index (χ1v) is 5.53. The highest BCUT2D eigenvalue weighted by atomic mass is 16.5. The first-order chi connectivity index (χ1) is 8.63. The van der Waals surface area contributed by atoms with Gasteiger partial charge in [0, 0.05) is 19.3 Å². The largest absolute Gasteiger partial charge is 0.477 e. The van der Waals surface area contributed by atoms with Crippen LogP contribution in [0.1, 0.15) is 16.2 Å². The van der Waals surface area contributed by atoms with Crippen LogP contribution in [0.4, 0.5) is 5.95 Å². The number of rotatable bonds is 8. The molecule has 0 saturated carbocycles. The lowest BCUT2D eigenvalue weighted by atomic mass is 10.3. The summed E-state index contributed by atoms with van der Waals surface area (Å²) in [5.74, 6) is -0.775. The average molecular weight is 255 g/mol. The molecule has 18 heavy (non-hydrogen) atoms. The molecular weight excluding hydrogens is 238 g/mol. The second-order valence-electron chi connectivity index (χ2n) is 3.56. The summed E-state index contributed by atoms with van der Waals surface area (Å²) in [4.78, 5) is 18.7. The Labute approximate surface area is 105 Å². The maximum atomic E-state index is 10.8. The van der Waals surface area contributed by atoms with E-state index in [2.05, 4.69) is 15.3 Å². The van der Waals surface area contributed by atoms with Crippen LogP contribution in [0.15, 0.2) is 6.07 Å². The predicted octanol–water partition coefficient (Wildman–Crippen LogP) is 0.558. The molecule has 0 radical (unpaired) electrons. The molecule has 0 amide bonds. The molecule has 7 nitrogen and oxygen atoms in total. The summed E-state index contributed by atoms with van der Waals surface area (Å²) >= 11 is 0. The van der Waals surface area contributed by atoms with Crippen molar-refractivity contribution in [1.29, 1.82) is 0 Å². The van der Waals surface area contributed by atoms with Crippen LogP contribution in [-0.4, -0.2) is 54.5 Å². The fourth-order valence-corrected chi connectivity index (χ4v) is 1.24. The van der Waals surface area contributed by atoms with Crippen LogP contribution in [0.25, 0.3) is 0 Å². The van der Waals surface area contributed by atoms with Crippen LogP contribution >= 0.6 is 0 Å². The van der Waals surface area contributed by atoms with Gasteiger partial charge in [-0.3, -0.25) is 0 Å². The Morgan fingerprint density at radius 2 is 2.17 bits per heavy atom. The molecule has 0 aromatic carbocycles. The number of aromatic nitrogens is 2. The second-order valence-corrected chi connectivity index (χ2v) is 3.56. The molecule has 1 aromatic rings. The molecule has 2 N–H and O–H groups in total. The minimum Gasteiger partial charge on any atom is -0.477 e. The standard InChI is InChI=1S/C11H17N3O4/c1-8-7-9(10(15)16)14-11(13-8)12-3-4-18-6-5-17-2/h7H,3-6H2,1-2H3,(H,15,16)(H,12,13,14). The zero-order valence-corrected chi connectivity index (χ0v) is 10.5. The molecule has 100 valence electrons. The van der Waals surface area contributed by atoms with Crippen molar-refractivity contribution in [3.05, 3.63) is 17.5 Å². The lowest BCUT2D eigenvalue weighted by molar-refractivity contribution is 0.0690. The predicted molar refractivity (Wildman–Crippen MR) is 64.9 cm³/mol. The molecule has 0 saturated heterocycles. The summed E-state index contributed by atoms with van der Waals surface area (Å²) in [5.41, 5.74) is 0.579. The average Bonchev–Trinajstić information content (AvgIpc) is 2.33. The van der Waals surface area contributed by atoms with Crippen LogP contribution in [-0.2, 0) is 9.47 Å². The molecule has 1 rings (SSSR count). The summed E-state index contributed by atoms with van der Waals surface area (Å²) in [7, 11) is 1.61. The number of carbonyl (C=O) groups is 1. The third-order valence-electron chi connectivity index (χ3n) is 2.03. The van der Waals surface area contributed by atoms with E-state index in [-0.39, 0.29) is 5.69 Å². The molecule has 0 atom stereocenters. The van der Waals surface area contributed by atoms with Gasteiger partial charge in [0.1, 0.15) is 0 Å². The molecular formula is C11H17N3O4. The number of hydrogen-bond donors (Lipinski definition) is 2. The quantitative estimate of drug-likeness (QED) is 0.655. The number of anilines is 1. The number of nitrogens with zero attached hydrogens (tertiary/aromatic N) is 2. The van der Waals surface area contributed by atoms with Gasteiger partial charge in [-0.2, -0.15) is 0 Å². The van der Waals surface area contributed by atoms with Crippen LogP contribution in [0, 0.1) is 6.92 Å². The normalized spacial score (nSPS) is 10.3. The second kappa shape index (κ2) is 7.57. The van der Waals surface area contributed by atoms with E-state index in [1.807, 2.05) is 0 Å². The van der Waals surface area contributed by atoms with Crippen molar-refractivity contribution in [2.75, 3.05) is 38.8 Å². The van der Waals surface area contributed by atoms with E-state index >= 15 is 0 Å². The molecule has 0 unspecified atom stereocenters. The summed E-state index contributed by atoms with van der Waals surface area (Å²) in [6.07, 6.45) is 0. The summed E-state index contributed by atoms with van der Waals surface area (Å²) in [6.45, 7) is 3.76. The zero-order chi connectivity index (χ0) is 13.4. The highest BCUT2D eigenvalue weighted by molar-refractivity contribution is 5.85. The number of methoxy groups -OCH3 is 1. The summed E-state index contributed by atoms with van der Waals surface area (Å²) in [6, 6.07) is 1.42. The van der Waals surface area contributed by atoms with E-state index in [1.54, 1.807) is 14.0 Å². The lowest BCUT2D eigenvalue weighted by Gasteiger charge is -2.07. The lowest BCUT2D eigenvalue weighted by Crippen LogP contribution is -2.15. The Balaban J connectivity index is 2.40. The number of nitrogens with one attached hydrogen (secondary N) is 1. The van der Waals surface area contributed by atoms with E-state index < -0.39 is 5.97 Å². The SMILES string of the molecule is COCCOCCNc1nc(C)cc(C(=O)O)n1. The first kappa shape index (κ1) is 14.3. The number of ether oxygens (including phenoxy) is 2. The number of aryl methyl sites for hydroxylation is 1. The van der Waals surface area contributed by atoms with Gasteiger partial charge in [-0.1, -0.05) is 0 Å². The van der Waals surface area contributed by atoms with Gasteiger partial charge in [0.15, 0.2) is 5.69 Å². The van der Waals surface area contributed by atoms with Gasteiger partial charge in [0.05, 0.1) is 19.8 Å². The Hall–Kier alpha value is -1.73. The Kier molecular flexibility index (Phi) is 6.03. The van der Waals surface area contributed by atoms with Crippen molar-refractivity contribution in [3.8, 4) is 0 Å². The highest BCUT2D eigenvalue weighted by Crippen LogP contribution is 2.04. The third kappa shape index (κ3) is 5.07. The molecule has 0 fully saturated rings. The van der Waals surface area contributed by atoms with Gasteiger partial charge < -0.3 is 19.9 Å². The maximum absolute atomic E-state index is 10.8. The van der Waals surface area contributed by atoms with Crippen LogP contribution in [0.2, 0.25) is 0 Å². The van der Waals surface area contributed by atoms with E-state index in [4.69, 9.17) is 14.6 Å². The molecule has 0 bridgehead atoms. The molecule has 0 spiro atoms. The molecule has 7 heteroatoms. The van der Waals surface area contributed by atoms with Gasteiger partial charge >= 0.3 is 5.97 Å². The van der Waals surface area contributed by atoms with E-state index in [9.17, 15) is 4.79 Å². The van der Waals surface area contributed by atoms with Gasteiger partial charge in [-0.15, -0.1) is 0 Å². The fourth-order valence-electron chi connectivity index (χ4n) is 1.24. The third-order valence-corrected chi connectivity index (χ3v) is 2.03. The van der Waals surface area contributed by atoms with Crippen molar-refractivity contribution in [1.82, 2.24) is 9.97 Å². The monoisotopic (exact) mass is 255 g/mol. The van der Waals surface area contributed by atoms with E-state index in [1.165, 1.54) is 6.07 Å². The van der Waals surface area contributed by atoms with Crippen molar-refractivity contribution < 1.29 is 19.4 Å². The van der Waals surface area contributed by atoms with Crippen molar-refractivity contribution in [2.24, 2.45) is 0 Å². The summed E-state index contributed by atoms with van der Waals surface area (Å²) < 4.78 is 10.1. The number of carboxylic acid groups (broad SMARTS) is 1. The maximum Gasteiger partial charge on any atom is 0.354 e. The van der Waals surface area contributed by atoms with Crippen molar-refractivity contribution in [2.45, 2.75) is 6.92 Å². The first-order valence-electron chi connectivity index (χ1n) is 5.53. The van der Waals surface area contributed by atoms with Crippen molar-refractivity contribution >= 4 is 11.9 Å². The van der Waals surface area contributed by atoms with Crippen molar-refractivity contribution in [3.63, 3.8) is 0 Å². The summed E-state index contributed by atoms with van der Waals surface area (Å²) in [5, 5.41) is 11.8. The van der Waals surface area contributed by atoms with Crippen LogP contribution in [0.5, 0.6) is 0 Å². The topological polar surface area (TPSA) is 93.6 Å². The molecule has 0 aliphatic heterocycles. The highest BCUT2D eigenvalue weighted by Gasteiger charge is 2.07. The minimum atomic E-state index is -1.07. The zero-order valence-electron chi connectivity index (χ0n) is 10.5. The van der Waals surface area contributed by atoms with E-state index in [0.717, 1.165) is 0 Å². The smallest absolute Gasteiger partial charge is 0.354 e. The molecule has 0 aliphatic rings. The van der Waals surface area contributed by atoms with Crippen LogP contribution in [0.3, 0.4) is 0 Å². The Morgan fingerprint density at radius 1 is 1.39 bits per heavy atom. The number of carboxylic acids is 1. The number of hydrogen-bond acceptors (Lipinski definition) is 6.